The highest BCUT2D eigenvalue weighted by Crippen LogP contribution is 2.29. The maximum Gasteiger partial charge on any atom is 0.282 e. The first-order chi connectivity index (χ1) is 29.5. The van der Waals surface area contributed by atoms with Gasteiger partial charge in [0.1, 0.15) is 46.4 Å². The minimum atomic E-state index is -2.88. The zero-order valence-electron chi connectivity index (χ0n) is 34.6. The molecule has 0 radical (unpaired) electrons. The molecule has 0 saturated heterocycles. The van der Waals surface area contributed by atoms with Crippen molar-refractivity contribution in [1.29, 1.82) is 0 Å². The monoisotopic (exact) mass is 898 g/mol. The molecule has 2 fully saturated rings. The van der Waals surface area contributed by atoms with Crippen LogP contribution in [-0.2, 0) is 23.8 Å². The summed E-state index contributed by atoms with van der Waals surface area (Å²) in [5.74, 6) is 11.8. The number of carbonyl (C=O) groups is 2. The normalized spacial score (nSPS) is 13.9. The van der Waals surface area contributed by atoms with Crippen LogP contribution < -0.4 is 10.6 Å². The van der Waals surface area contributed by atoms with Crippen molar-refractivity contribution in [2.45, 2.75) is 78.4 Å². The predicted octanol–water partition coefficient (Wildman–Crippen LogP) is 7.45. The second-order valence-electron chi connectivity index (χ2n) is 14.8. The van der Waals surface area contributed by atoms with Crippen molar-refractivity contribution in [3.8, 4) is 23.7 Å². The molecule has 0 unspecified atom stereocenters. The highest BCUT2D eigenvalue weighted by atomic mass is 35.5. The summed E-state index contributed by atoms with van der Waals surface area (Å²) < 4.78 is 54.9. The molecule has 4 aromatic heterocycles. The lowest BCUT2D eigenvalue weighted by molar-refractivity contribution is 0.0850. The predicted molar refractivity (Wildman–Crippen MR) is 224 cm³/mol. The number of pyridine rings is 2. The second-order valence-corrected chi connectivity index (χ2v) is 15.6. The molecule has 2 amide bonds. The molecule has 14 nitrogen and oxygen atoms in total. The number of hydrogen-bond donors (Lipinski definition) is 2. The SMILES string of the molecule is CC(C)O/N=C(\CNC(=O)c1cn(C)nc1C(F)F)c1ncc(C#CC2CC2)cc1Cl.CC(C)ON=C(CNC(=O)c1cn(C)nc1C(F)F)c1ncc(C#CC2CC2)cc1Cl. The molecule has 62 heavy (non-hydrogen) atoms. The topological polar surface area (TPSA) is 163 Å². The van der Waals surface area contributed by atoms with E-state index in [1.807, 2.05) is 0 Å². The van der Waals surface area contributed by atoms with E-state index >= 15 is 0 Å². The van der Waals surface area contributed by atoms with Crippen LogP contribution in [0.4, 0.5) is 17.6 Å². The Labute approximate surface area is 365 Å². The van der Waals surface area contributed by atoms with E-state index in [2.05, 4.69) is 64.8 Å². The third kappa shape index (κ3) is 14.0. The molecule has 0 aliphatic heterocycles. The Hall–Kier alpha value is -5.98. The van der Waals surface area contributed by atoms with Crippen LogP contribution in [0.2, 0.25) is 10.0 Å². The van der Waals surface area contributed by atoms with Crippen molar-refractivity contribution in [2.75, 3.05) is 13.1 Å². The summed E-state index contributed by atoms with van der Waals surface area (Å²) in [7, 11) is 2.92. The zero-order chi connectivity index (χ0) is 45.1. The van der Waals surface area contributed by atoms with E-state index in [4.69, 9.17) is 32.9 Å². The van der Waals surface area contributed by atoms with Gasteiger partial charge in [-0.2, -0.15) is 10.2 Å². The van der Waals surface area contributed by atoms with Crippen molar-refractivity contribution in [2.24, 2.45) is 36.2 Å². The molecular formula is C42H44Cl2F4N10O4. The van der Waals surface area contributed by atoms with Crippen LogP contribution in [0, 0.1) is 35.5 Å². The number of alkyl halides is 4. The molecule has 2 N–H and O–H groups in total. The average molecular weight is 900 g/mol. The van der Waals surface area contributed by atoms with Crippen molar-refractivity contribution < 1.29 is 36.8 Å². The first-order valence-electron chi connectivity index (χ1n) is 19.5. The van der Waals surface area contributed by atoms with E-state index in [1.165, 1.54) is 26.5 Å². The van der Waals surface area contributed by atoms with Gasteiger partial charge >= 0.3 is 0 Å². The minimum absolute atomic E-state index is 0.136. The average Bonchev–Trinajstić information content (AvgIpc) is 4.15. The van der Waals surface area contributed by atoms with Crippen molar-refractivity contribution >= 4 is 46.4 Å². The molecule has 0 spiro atoms. The van der Waals surface area contributed by atoms with E-state index in [0.29, 0.717) is 34.4 Å². The van der Waals surface area contributed by atoms with Gasteiger partial charge in [-0.05, 0) is 65.5 Å². The number of oxime groups is 2. The Balaban J connectivity index is 0.000000234. The van der Waals surface area contributed by atoms with E-state index in [-0.39, 0.29) is 57.9 Å². The molecule has 2 saturated carbocycles. The number of amides is 2. The van der Waals surface area contributed by atoms with Gasteiger partial charge in [0.15, 0.2) is 0 Å². The molecular weight excluding hydrogens is 855 g/mol. The lowest BCUT2D eigenvalue weighted by atomic mass is 10.2. The summed E-state index contributed by atoms with van der Waals surface area (Å²) in [6.45, 7) is 6.88. The fourth-order valence-electron chi connectivity index (χ4n) is 5.12. The fourth-order valence-corrected chi connectivity index (χ4v) is 5.67. The molecule has 2 aliphatic rings. The van der Waals surface area contributed by atoms with Gasteiger partial charge in [-0.1, -0.05) is 57.2 Å². The number of nitrogens with one attached hydrogen (secondary N) is 2. The highest BCUT2D eigenvalue weighted by Gasteiger charge is 2.25. The molecule has 4 heterocycles. The van der Waals surface area contributed by atoms with Crippen molar-refractivity contribution in [1.82, 2.24) is 40.2 Å². The van der Waals surface area contributed by atoms with Crippen LogP contribution in [-0.4, -0.2) is 78.1 Å². The summed E-state index contributed by atoms with van der Waals surface area (Å²) in [5.41, 5.74) is 0.833. The number of aryl methyl sites for hydroxylation is 2. The van der Waals surface area contributed by atoms with Gasteiger partial charge in [0.25, 0.3) is 24.7 Å². The molecule has 328 valence electrons. The number of aromatic nitrogens is 6. The molecule has 0 aromatic carbocycles. The Bertz CT molecular complexity index is 2270. The lowest BCUT2D eigenvalue weighted by Crippen LogP contribution is -2.31. The van der Waals surface area contributed by atoms with Gasteiger partial charge in [-0.15, -0.1) is 0 Å². The fraction of sp³-hybridized carbons (Fsp3) is 0.429. The molecule has 20 heteroatoms. The van der Waals surface area contributed by atoms with Crippen LogP contribution in [0.15, 0.2) is 47.2 Å². The van der Waals surface area contributed by atoms with Gasteiger partial charge < -0.3 is 20.3 Å². The highest BCUT2D eigenvalue weighted by molar-refractivity contribution is 6.34. The third-order valence-corrected chi connectivity index (χ3v) is 9.00. The molecule has 0 bridgehead atoms. The first kappa shape index (κ1) is 47.1. The second kappa shape index (κ2) is 21.7. The number of hydrogen-bond acceptors (Lipinski definition) is 10. The summed E-state index contributed by atoms with van der Waals surface area (Å²) in [4.78, 5) is 44.2. The van der Waals surface area contributed by atoms with Crippen LogP contribution in [0.1, 0.15) is 121 Å². The Morgan fingerprint density at radius 2 is 1.10 bits per heavy atom. The van der Waals surface area contributed by atoms with Crippen molar-refractivity contribution in [3.63, 3.8) is 0 Å². The largest absolute Gasteiger partial charge is 0.393 e. The first-order valence-corrected chi connectivity index (χ1v) is 20.2. The summed E-state index contributed by atoms with van der Waals surface area (Å²) >= 11 is 12.8. The Morgan fingerprint density at radius 3 is 1.40 bits per heavy atom. The molecule has 0 atom stereocenters. The molecule has 6 rings (SSSR count). The third-order valence-electron chi connectivity index (χ3n) is 8.42. The summed E-state index contributed by atoms with van der Waals surface area (Å²) in [6.07, 6.45) is 3.85. The van der Waals surface area contributed by atoms with Gasteiger partial charge in [0, 0.05) is 61.8 Å². The van der Waals surface area contributed by atoms with Gasteiger partial charge in [0.2, 0.25) is 0 Å². The zero-order valence-corrected chi connectivity index (χ0v) is 36.2. The maximum absolute atomic E-state index is 13.1. The smallest absolute Gasteiger partial charge is 0.282 e. The summed E-state index contributed by atoms with van der Waals surface area (Å²) in [6, 6.07) is 3.34. The van der Waals surface area contributed by atoms with E-state index in [0.717, 1.165) is 35.0 Å². The lowest BCUT2D eigenvalue weighted by Gasteiger charge is -2.11. The van der Waals surface area contributed by atoms with E-state index in [9.17, 15) is 27.2 Å². The van der Waals surface area contributed by atoms with Crippen molar-refractivity contribution in [3.05, 3.63) is 92.0 Å². The summed E-state index contributed by atoms with van der Waals surface area (Å²) in [5, 5.41) is 21.1. The van der Waals surface area contributed by atoms with Gasteiger partial charge in [-0.25, -0.2) is 17.6 Å². The molecule has 4 aromatic rings. The minimum Gasteiger partial charge on any atom is -0.393 e. The van der Waals surface area contributed by atoms with E-state index < -0.39 is 36.1 Å². The van der Waals surface area contributed by atoms with Crippen LogP contribution in [0.5, 0.6) is 0 Å². The standard InChI is InChI=1S/2C21H22ClF2N5O2/c2*1-12(2)31-28-17(10-26-21(30)15-11-29(3)27-18(15)20(23)24)19-16(22)8-14(9-25-19)7-6-13-4-5-13/h2*8-9,11-13,20H,4-5,10H2,1-3H3,(H,26,30)/b28-17+;. The number of carbonyl (C=O) groups excluding carboxylic acids is 2. The number of nitrogens with zero attached hydrogens (tertiary/aromatic N) is 8. The Morgan fingerprint density at radius 1 is 0.726 bits per heavy atom. The van der Waals surface area contributed by atoms with Gasteiger partial charge in [0.05, 0.1) is 34.3 Å². The van der Waals surface area contributed by atoms with Gasteiger partial charge in [-0.3, -0.25) is 28.9 Å². The van der Waals surface area contributed by atoms with E-state index in [1.54, 1.807) is 52.2 Å². The van der Waals surface area contributed by atoms with Crippen LogP contribution in [0.25, 0.3) is 0 Å². The Kier molecular flexibility index (Phi) is 16.5. The molecule has 2 aliphatic carbocycles. The van der Waals surface area contributed by atoms with Crippen LogP contribution >= 0.6 is 23.2 Å². The maximum atomic E-state index is 13.1. The van der Waals surface area contributed by atoms with Crippen LogP contribution in [0.3, 0.4) is 0 Å². The number of rotatable bonds is 14. The number of halogens is 6. The quantitative estimate of drug-likeness (QED) is 0.0571.